The van der Waals surface area contributed by atoms with E-state index >= 15 is 0 Å². The standard InChI is InChI=1S/C21H22ClF3N2O3/c1-12-7-6-8-13(2)17(12)18(28)27(19(29)30-20(3,4)5)11-16-15(22)9-14(10-26-16)21(23,24)25/h6-10H,11H2,1-5H3. The fourth-order valence-electron chi connectivity index (χ4n) is 2.71. The quantitative estimate of drug-likeness (QED) is 0.589. The van der Waals surface area contributed by atoms with Crippen molar-refractivity contribution in [3.05, 3.63) is 63.4 Å². The molecule has 0 saturated heterocycles. The molecular formula is C21H22ClF3N2O3. The first kappa shape index (κ1) is 23.7. The Balaban J connectivity index is 2.47. The number of hydrogen-bond acceptors (Lipinski definition) is 4. The van der Waals surface area contributed by atoms with Crippen molar-refractivity contribution < 1.29 is 27.5 Å². The number of hydrogen-bond donors (Lipinski definition) is 0. The van der Waals surface area contributed by atoms with Crippen LogP contribution in [0.5, 0.6) is 0 Å². The van der Waals surface area contributed by atoms with Crippen molar-refractivity contribution >= 4 is 23.6 Å². The summed E-state index contributed by atoms with van der Waals surface area (Å²) in [6, 6.07) is 5.92. The molecule has 5 nitrogen and oxygen atoms in total. The van der Waals surface area contributed by atoms with Crippen molar-refractivity contribution in [3.8, 4) is 0 Å². The normalized spacial score (nSPS) is 11.9. The lowest BCUT2D eigenvalue weighted by atomic mass is 10.0. The summed E-state index contributed by atoms with van der Waals surface area (Å²) in [6.07, 6.45) is -4.96. The number of ether oxygens (including phenoxy) is 1. The molecule has 2 amide bonds. The fraction of sp³-hybridized carbons (Fsp3) is 0.381. The third-order valence-electron chi connectivity index (χ3n) is 4.11. The van der Waals surface area contributed by atoms with E-state index in [9.17, 15) is 22.8 Å². The van der Waals surface area contributed by atoms with Crippen molar-refractivity contribution in [1.82, 2.24) is 9.88 Å². The molecule has 0 unspecified atom stereocenters. The number of carbonyl (C=O) groups excluding carboxylic acids is 2. The lowest BCUT2D eigenvalue weighted by Gasteiger charge is -2.27. The van der Waals surface area contributed by atoms with Crippen LogP contribution in [-0.4, -0.2) is 27.5 Å². The van der Waals surface area contributed by atoms with Crippen LogP contribution in [0.2, 0.25) is 5.02 Å². The van der Waals surface area contributed by atoms with Gasteiger partial charge in [0.25, 0.3) is 5.91 Å². The number of aromatic nitrogens is 1. The molecule has 0 aliphatic carbocycles. The van der Waals surface area contributed by atoms with Crippen LogP contribution in [0.15, 0.2) is 30.5 Å². The molecular weight excluding hydrogens is 421 g/mol. The first-order valence-corrected chi connectivity index (χ1v) is 9.41. The number of aryl methyl sites for hydroxylation is 2. The fourth-order valence-corrected chi connectivity index (χ4v) is 2.94. The number of benzene rings is 1. The summed E-state index contributed by atoms with van der Waals surface area (Å²) in [5, 5.41) is -0.312. The van der Waals surface area contributed by atoms with Gasteiger partial charge in [0.15, 0.2) is 0 Å². The van der Waals surface area contributed by atoms with Gasteiger partial charge in [-0.1, -0.05) is 29.8 Å². The van der Waals surface area contributed by atoms with Gasteiger partial charge >= 0.3 is 12.3 Å². The predicted octanol–water partition coefficient (Wildman–Crippen LogP) is 5.95. The molecule has 0 saturated carbocycles. The van der Waals surface area contributed by atoms with Crippen LogP contribution in [0.3, 0.4) is 0 Å². The van der Waals surface area contributed by atoms with E-state index in [4.69, 9.17) is 16.3 Å². The van der Waals surface area contributed by atoms with E-state index in [0.29, 0.717) is 29.0 Å². The summed E-state index contributed by atoms with van der Waals surface area (Å²) < 4.78 is 44.0. The highest BCUT2D eigenvalue weighted by molar-refractivity contribution is 6.31. The summed E-state index contributed by atoms with van der Waals surface area (Å²) in [5.74, 6) is -0.655. The molecule has 0 fully saturated rings. The second kappa shape index (κ2) is 8.63. The number of amides is 2. The Morgan fingerprint density at radius 3 is 2.17 bits per heavy atom. The summed E-state index contributed by atoms with van der Waals surface area (Å²) >= 11 is 5.98. The highest BCUT2D eigenvalue weighted by Gasteiger charge is 2.33. The average Bonchev–Trinajstić information content (AvgIpc) is 2.57. The van der Waals surface area contributed by atoms with Gasteiger partial charge in [0.1, 0.15) is 5.60 Å². The second-order valence-electron chi connectivity index (χ2n) is 7.79. The molecule has 162 valence electrons. The van der Waals surface area contributed by atoms with Crippen molar-refractivity contribution in [3.63, 3.8) is 0 Å². The maximum atomic E-state index is 13.2. The Morgan fingerprint density at radius 1 is 1.13 bits per heavy atom. The van der Waals surface area contributed by atoms with Gasteiger partial charge in [0.2, 0.25) is 0 Å². The van der Waals surface area contributed by atoms with E-state index in [1.165, 1.54) is 0 Å². The minimum atomic E-state index is -4.62. The number of rotatable bonds is 3. The first-order chi connectivity index (χ1) is 13.7. The van der Waals surface area contributed by atoms with Crippen LogP contribution in [0.25, 0.3) is 0 Å². The molecule has 0 atom stereocenters. The highest BCUT2D eigenvalue weighted by Crippen LogP contribution is 2.31. The van der Waals surface area contributed by atoms with Crippen LogP contribution >= 0.6 is 11.6 Å². The Kier molecular flexibility index (Phi) is 6.81. The Morgan fingerprint density at radius 2 is 1.70 bits per heavy atom. The monoisotopic (exact) mass is 442 g/mol. The van der Waals surface area contributed by atoms with Crippen molar-refractivity contribution in [2.24, 2.45) is 0 Å². The molecule has 2 aromatic rings. The molecule has 0 N–H and O–H groups in total. The lowest BCUT2D eigenvalue weighted by molar-refractivity contribution is -0.137. The van der Waals surface area contributed by atoms with Gasteiger partial charge in [-0.3, -0.25) is 9.78 Å². The molecule has 1 heterocycles. The van der Waals surface area contributed by atoms with Crippen LogP contribution in [0, 0.1) is 13.8 Å². The molecule has 30 heavy (non-hydrogen) atoms. The maximum absolute atomic E-state index is 13.2. The molecule has 0 spiro atoms. The number of alkyl halides is 3. The minimum absolute atomic E-state index is 0.0601. The SMILES string of the molecule is Cc1cccc(C)c1C(=O)N(Cc1ncc(C(F)(F)F)cc1Cl)C(=O)OC(C)(C)C. The average molecular weight is 443 g/mol. The zero-order valence-corrected chi connectivity index (χ0v) is 18.0. The van der Waals surface area contributed by atoms with Gasteiger partial charge in [-0.15, -0.1) is 0 Å². The molecule has 0 bridgehead atoms. The number of halogens is 4. The van der Waals surface area contributed by atoms with Gasteiger partial charge in [0, 0.05) is 11.8 Å². The first-order valence-electron chi connectivity index (χ1n) is 9.03. The number of pyridine rings is 1. The molecule has 1 aromatic carbocycles. The molecule has 0 radical (unpaired) electrons. The summed E-state index contributed by atoms with van der Waals surface area (Å²) in [4.78, 5) is 30.5. The van der Waals surface area contributed by atoms with Crippen LogP contribution in [0.1, 0.15) is 53.5 Å². The van der Waals surface area contributed by atoms with Crippen molar-refractivity contribution in [2.45, 2.75) is 52.9 Å². The van der Waals surface area contributed by atoms with E-state index in [-0.39, 0.29) is 10.7 Å². The molecule has 9 heteroatoms. The number of carbonyl (C=O) groups is 2. The van der Waals surface area contributed by atoms with Gasteiger partial charge in [-0.25, -0.2) is 9.69 Å². The Hall–Kier alpha value is -2.61. The van der Waals surface area contributed by atoms with Gasteiger partial charge in [-0.05, 0) is 51.8 Å². The van der Waals surface area contributed by atoms with Crippen LogP contribution in [0.4, 0.5) is 18.0 Å². The van der Waals surface area contributed by atoms with E-state index in [2.05, 4.69) is 4.98 Å². The van der Waals surface area contributed by atoms with Crippen LogP contribution < -0.4 is 0 Å². The predicted molar refractivity (Wildman–Crippen MR) is 106 cm³/mol. The van der Waals surface area contributed by atoms with E-state index in [1.807, 2.05) is 0 Å². The van der Waals surface area contributed by atoms with Gasteiger partial charge in [0.05, 0.1) is 22.8 Å². The topological polar surface area (TPSA) is 59.5 Å². The van der Waals surface area contributed by atoms with E-state index < -0.39 is 35.9 Å². The molecule has 1 aromatic heterocycles. The van der Waals surface area contributed by atoms with Crippen LogP contribution in [-0.2, 0) is 17.5 Å². The smallest absolute Gasteiger partial charge is 0.417 e. The minimum Gasteiger partial charge on any atom is -0.443 e. The summed E-state index contributed by atoms with van der Waals surface area (Å²) in [5.41, 5.74) is -0.406. The Labute approximate surface area is 177 Å². The van der Waals surface area contributed by atoms with Crippen molar-refractivity contribution in [2.75, 3.05) is 0 Å². The summed E-state index contributed by atoms with van der Waals surface area (Å²) in [7, 11) is 0. The second-order valence-corrected chi connectivity index (χ2v) is 8.20. The largest absolute Gasteiger partial charge is 0.443 e. The van der Waals surface area contributed by atoms with Crippen molar-refractivity contribution in [1.29, 1.82) is 0 Å². The zero-order chi connectivity index (χ0) is 22.9. The number of nitrogens with zero attached hydrogens (tertiary/aromatic N) is 2. The maximum Gasteiger partial charge on any atom is 0.417 e. The van der Waals surface area contributed by atoms with E-state index in [1.54, 1.807) is 52.8 Å². The Bertz CT molecular complexity index is 949. The van der Waals surface area contributed by atoms with Gasteiger partial charge < -0.3 is 4.74 Å². The molecule has 0 aliphatic heterocycles. The van der Waals surface area contributed by atoms with Gasteiger partial charge in [-0.2, -0.15) is 13.2 Å². The highest BCUT2D eigenvalue weighted by atomic mass is 35.5. The molecule has 0 aliphatic rings. The molecule has 2 rings (SSSR count). The third-order valence-corrected chi connectivity index (χ3v) is 4.43. The van der Waals surface area contributed by atoms with E-state index in [0.717, 1.165) is 4.90 Å². The third kappa shape index (κ3) is 5.72. The summed E-state index contributed by atoms with van der Waals surface area (Å²) in [6.45, 7) is 7.90. The zero-order valence-electron chi connectivity index (χ0n) is 17.2. The number of imide groups is 1. The lowest BCUT2D eigenvalue weighted by Crippen LogP contribution is -2.41.